The summed E-state index contributed by atoms with van der Waals surface area (Å²) in [5.74, 6) is -1.14. The number of hydrogen-bond donors (Lipinski definition) is 1. The summed E-state index contributed by atoms with van der Waals surface area (Å²) in [5, 5.41) is 2.09. The van der Waals surface area contributed by atoms with Crippen LogP contribution in [0.4, 0.5) is 22.4 Å². The minimum atomic E-state index is -6.10. The van der Waals surface area contributed by atoms with E-state index < -0.39 is 63.9 Å². The van der Waals surface area contributed by atoms with Crippen molar-refractivity contribution in [2.24, 2.45) is 0 Å². The molecule has 0 aliphatic heterocycles. The minimum absolute atomic E-state index is 0.167. The van der Waals surface area contributed by atoms with Crippen molar-refractivity contribution in [2.75, 3.05) is 6.61 Å². The van der Waals surface area contributed by atoms with Crippen LogP contribution in [0, 0.1) is 0 Å². The predicted molar refractivity (Wildman–Crippen MR) is 82.7 cm³/mol. The van der Waals surface area contributed by atoms with Gasteiger partial charge in [-0.1, -0.05) is 0 Å². The lowest BCUT2D eigenvalue weighted by molar-refractivity contribution is -0.151. The van der Waals surface area contributed by atoms with Gasteiger partial charge in [-0.2, -0.15) is 21.6 Å². The molecule has 1 saturated carbocycles. The average Bonchev–Trinajstić information content (AvgIpc) is 2.72. The normalized spacial score (nSPS) is 26.5. The second-order valence-corrected chi connectivity index (χ2v) is 8.45. The molecule has 0 bridgehead atoms. The van der Waals surface area contributed by atoms with Crippen molar-refractivity contribution in [3.8, 4) is 0 Å². The molecule has 0 unspecified atom stereocenters. The third-order valence-corrected chi connectivity index (χ3v) is 4.50. The lowest BCUT2D eigenvalue weighted by Gasteiger charge is -2.29. The fraction of sp³-hybridized carbons (Fsp3) is 0.857. The second-order valence-electron chi connectivity index (χ2n) is 6.89. The van der Waals surface area contributed by atoms with Crippen molar-refractivity contribution in [3.63, 3.8) is 0 Å². The Morgan fingerprint density at radius 1 is 1.19 bits per heavy atom. The Balaban J connectivity index is 3.09. The minimum Gasteiger partial charge on any atom is -0.464 e. The smallest absolute Gasteiger partial charge is 0.464 e. The van der Waals surface area contributed by atoms with Gasteiger partial charge < -0.3 is 14.8 Å². The summed E-state index contributed by atoms with van der Waals surface area (Å²) in [6.45, 7) is 5.79. The molecule has 3 atom stereocenters. The maximum absolute atomic E-state index is 14.2. The van der Waals surface area contributed by atoms with Crippen molar-refractivity contribution in [1.29, 1.82) is 0 Å². The molecule has 13 heteroatoms. The fourth-order valence-corrected chi connectivity index (χ4v) is 3.04. The van der Waals surface area contributed by atoms with Gasteiger partial charge in [-0.05, 0) is 27.7 Å². The van der Waals surface area contributed by atoms with Crippen LogP contribution in [0.25, 0.3) is 0 Å². The molecule has 1 amide bonds. The molecule has 27 heavy (non-hydrogen) atoms. The second kappa shape index (κ2) is 7.78. The summed E-state index contributed by atoms with van der Waals surface area (Å²) in [7, 11) is -6.10. The molecular weight excluding hydrogens is 402 g/mol. The van der Waals surface area contributed by atoms with Crippen molar-refractivity contribution >= 4 is 22.2 Å². The number of hydrogen-bond acceptors (Lipinski definition) is 7. The maximum atomic E-state index is 14.2. The molecule has 1 N–H and O–H groups in total. The topological polar surface area (TPSA) is 108 Å². The molecule has 1 rings (SSSR count). The van der Waals surface area contributed by atoms with E-state index in [9.17, 15) is 35.6 Å². The number of rotatable bonds is 5. The number of amides is 1. The SMILES string of the molecule is CCOC(=O)[C@@]1(NC(=O)OC(C)(C)C)C[C@@H](F)[C@@H](OS(=O)(=O)C(F)(F)F)C1. The molecule has 8 nitrogen and oxygen atoms in total. The highest BCUT2D eigenvalue weighted by atomic mass is 32.2. The summed E-state index contributed by atoms with van der Waals surface area (Å²) in [6, 6.07) is 0. The van der Waals surface area contributed by atoms with Crippen molar-refractivity contribution < 1.29 is 49.2 Å². The van der Waals surface area contributed by atoms with Gasteiger partial charge in [0.15, 0.2) is 0 Å². The van der Waals surface area contributed by atoms with Crippen LogP contribution in [-0.4, -0.2) is 56.0 Å². The lowest BCUT2D eigenvalue weighted by Crippen LogP contribution is -2.55. The van der Waals surface area contributed by atoms with E-state index in [0.717, 1.165) is 0 Å². The Bertz CT molecular complexity index is 674. The standard InChI is InChI=1S/C14H21F4NO7S/c1-5-24-10(20)13(19-11(21)25-12(2,3)4)6-8(15)9(7-13)26-27(22,23)14(16,17)18/h8-9H,5-7H2,1-4H3,(H,19,21)/t8-,9+,13-/m1/s1. The number of esters is 1. The van der Waals surface area contributed by atoms with Gasteiger partial charge in [0.05, 0.1) is 6.61 Å². The third-order valence-electron chi connectivity index (χ3n) is 3.44. The van der Waals surface area contributed by atoms with E-state index >= 15 is 0 Å². The molecule has 1 aliphatic rings. The zero-order valence-corrected chi connectivity index (χ0v) is 15.9. The molecule has 0 aromatic heterocycles. The quantitative estimate of drug-likeness (QED) is 0.313. The molecule has 0 saturated heterocycles. The molecule has 0 radical (unpaired) electrons. The Morgan fingerprint density at radius 2 is 1.74 bits per heavy atom. The Kier molecular flexibility index (Phi) is 6.74. The Morgan fingerprint density at radius 3 is 2.19 bits per heavy atom. The Labute approximate surface area is 153 Å². The molecular formula is C14H21F4NO7S. The van der Waals surface area contributed by atoms with E-state index in [2.05, 4.69) is 9.50 Å². The summed E-state index contributed by atoms with van der Waals surface area (Å²) >= 11 is 0. The van der Waals surface area contributed by atoms with Crippen LogP contribution in [0.5, 0.6) is 0 Å². The van der Waals surface area contributed by atoms with Crippen molar-refractivity contribution in [2.45, 2.75) is 69.5 Å². The number of nitrogens with one attached hydrogen (secondary N) is 1. The number of alkyl carbamates (subject to hydrolysis) is 1. The largest absolute Gasteiger partial charge is 0.523 e. The van der Waals surface area contributed by atoms with Gasteiger partial charge in [0, 0.05) is 12.8 Å². The van der Waals surface area contributed by atoms with Crippen LogP contribution >= 0.6 is 0 Å². The first kappa shape index (κ1) is 23.4. The first-order valence-corrected chi connectivity index (χ1v) is 9.26. The molecule has 158 valence electrons. The zero-order chi connectivity index (χ0) is 21.3. The van der Waals surface area contributed by atoms with Crippen LogP contribution in [0.2, 0.25) is 0 Å². The van der Waals surface area contributed by atoms with E-state index in [1.165, 1.54) is 27.7 Å². The van der Waals surface area contributed by atoms with Crippen LogP contribution < -0.4 is 5.32 Å². The molecule has 0 aromatic carbocycles. The summed E-state index contributed by atoms with van der Waals surface area (Å²) in [6.07, 6.45) is -7.32. The highest BCUT2D eigenvalue weighted by molar-refractivity contribution is 7.87. The van der Waals surface area contributed by atoms with E-state index in [1.54, 1.807) is 0 Å². The van der Waals surface area contributed by atoms with Crippen LogP contribution in [0.3, 0.4) is 0 Å². The van der Waals surface area contributed by atoms with E-state index in [-0.39, 0.29) is 6.61 Å². The zero-order valence-electron chi connectivity index (χ0n) is 15.1. The van der Waals surface area contributed by atoms with Gasteiger partial charge in [-0.3, -0.25) is 4.18 Å². The number of carbonyl (C=O) groups is 2. The molecule has 1 aliphatic carbocycles. The Hall–Kier alpha value is -1.63. The van der Waals surface area contributed by atoms with Gasteiger partial charge in [0.2, 0.25) is 0 Å². The number of ether oxygens (including phenoxy) is 2. The summed E-state index contributed by atoms with van der Waals surface area (Å²) in [5.41, 5.74) is -8.88. The number of carbonyl (C=O) groups excluding carboxylic acids is 2. The van der Waals surface area contributed by atoms with Gasteiger partial charge in [-0.25, -0.2) is 14.0 Å². The molecule has 0 aromatic rings. The maximum Gasteiger partial charge on any atom is 0.523 e. The fourth-order valence-electron chi connectivity index (χ4n) is 2.42. The molecule has 0 heterocycles. The number of alkyl halides is 4. The highest BCUT2D eigenvalue weighted by Gasteiger charge is 2.58. The summed E-state index contributed by atoms with van der Waals surface area (Å²) < 4.78 is 87.5. The van der Waals surface area contributed by atoms with Crippen LogP contribution in [0.1, 0.15) is 40.5 Å². The highest BCUT2D eigenvalue weighted by Crippen LogP contribution is 2.38. The monoisotopic (exact) mass is 423 g/mol. The molecule has 1 fully saturated rings. The average molecular weight is 423 g/mol. The van der Waals surface area contributed by atoms with Crippen molar-refractivity contribution in [1.82, 2.24) is 5.32 Å². The van der Waals surface area contributed by atoms with Crippen LogP contribution in [-0.2, 0) is 28.6 Å². The van der Waals surface area contributed by atoms with E-state index in [0.29, 0.717) is 0 Å². The number of halogens is 4. The van der Waals surface area contributed by atoms with Gasteiger partial charge in [-0.15, -0.1) is 0 Å². The van der Waals surface area contributed by atoms with Crippen LogP contribution in [0.15, 0.2) is 0 Å². The lowest BCUT2D eigenvalue weighted by atomic mass is 9.97. The predicted octanol–water partition coefficient (Wildman–Crippen LogP) is 2.18. The van der Waals surface area contributed by atoms with Gasteiger partial charge >= 0.3 is 27.7 Å². The first-order chi connectivity index (χ1) is 12.0. The first-order valence-electron chi connectivity index (χ1n) is 7.85. The van der Waals surface area contributed by atoms with Crippen molar-refractivity contribution in [3.05, 3.63) is 0 Å². The van der Waals surface area contributed by atoms with Gasteiger partial charge in [0.1, 0.15) is 23.4 Å². The van der Waals surface area contributed by atoms with E-state index in [1.807, 2.05) is 0 Å². The molecule has 0 spiro atoms. The third kappa shape index (κ3) is 5.92. The summed E-state index contributed by atoms with van der Waals surface area (Å²) in [4.78, 5) is 24.2. The van der Waals surface area contributed by atoms with Gasteiger partial charge in [0.25, 0.3) is 0 Å². The van der Waals surface area contributed by atoms with E-state index in [4.69, 9.17) is 9.47 Å².